The van der Waals surface area contributed by atoms with Crippen molar-refractivity contribution in [2.24, 2.45) is 5.92 Å². The molecular weight excluding hydrogens is 302 g/mol. The molecule has 0 atom stereocenters. The molecule has 22 heavy (non-hydrogen) atoms. The quantitative estimate of drug-likeness (QED) is 0.930. The minimum atomic E-state index is -3.36. The summed E-state index contributed by atoms with van der Waals surface area (Å²) in [5.41, 5.74) is 2.01. The summed E-state index contributed by atoms with van der Waals surface area (Å²) in [6.45, 7) is 0. The molecule has 1 aliphatic rings. The van der Waals surface area contributed by atoms with E-state index in [0.29, 0.717) is 11.4 Å². The van der Waals surface area contributed by atoms with Gasteiger partial charge in [-0.2, -0.15) is 0 Å². The van der Waals surface area contributed by atoms with Crippen LogP contribution < -0.4 is 5.32 Å². The first-order chi connectivity index (χ1) is 10.4. The molecule has 0 saturated heterocycles. The van der Waals surface area contributed by atoms with E-state index in [4.69, 9.17) is 0 Å². The molecule has 1 fully saturated rings. The number of nitrogens with one attached hydrogen (secondary N) is 1. The molecule has 1 N–H and O–H groups in total. The van der Waals surface area contributed by atoms with Crippen LogP contribution in [-0.4, -0.2) is 30.8 Å². The Kier molecular flexibility index (Phi) is 3.66. The van der Waals surface area contributed by atoms with Crippen LogP contribution in [0.25, 0.3) is 11.3 Å². The van der Waals surface area contributed by atoms with Gasteiger partial charge in [-0.15, -0.1) is 10.2 Å². The van der Waals surface area contributed by atoms with Crippen molar-refractivity contribution in [1.82, 2.24) is 10.2 Å². The second kappa shape index (κ2) is 5.49. The zero-order valence-corrected chi connectivity index (χ0v) is 12.8. The minimum Gasteiger partial charge on any atom is -0.326 e. The Morgan fingerprint density at radius 3 is 2.55 bits per heavy atom. The van der Waals surface area contributed by atoms with Gasteiger partial charge in [0.25, 0.3) is 0 Å². The highest BCUT2D eigenvalue weighted by molar-refractivity contribution is 7.90. The maximum absolute atomic E-state index is 11.8. The first kappa shape index (κ1) is 14.6. The highest BCUT2D eigenvalue weighted by atomic mass is 32.2. The predicted molar refractivity (Wildman–Crippen MR) is 81.9 cm³/mol. The van der Waals surface area contributed by atoms with Crippen LogP contribution in [0.5, 0.6) is 0 Å². The number of carbonyl (C=O) groups is 1. The summed E-state index contributed by atoms with van der Waals surface area (Å²) < 4.78 is 22.8. The molecule has 1 saturated carbocycles. The van der Waals surface area contributed by atoms with Gasteiger partial charge in [-0.3, -0.25) is 4.79 Å². The van der Waals surface area contributed by atoms with E-state index in [1.807, 2.05) is 18.2 Å². The zero-order chi connectivity index (χ0) is 15.7. The van der Waals surface area contributed by atoms with Gasteiger partial charge in [0.2, 0.25) is 5.91 Å². The fourth-order valence-electron chi connectivity index (χ4n) is 2.02. The first-order valence-corrected chi connectivity index (χ1v) is 8.78. The molecule has 1 aromatic carbocycles. The van der Waals surface area contributed by atoms with E-state index in [9.17, 15) is 13.2 Å². The van der Waals surface area contributed by atoms with Crippen LogP contribution in [0.15, 0.2) is 41.4 Å². The largest absolute Gasteiger partial charge is 0.326 e. The standard InChI is InChI=1S/C15H15N3O3S/c1-22(20,21)14-8-7-13(17-18-14)11-3-2-4-12(9-11)16-15(19)10-5-6-10/h2-4,7-10H,5-6H2,1H3,(H,16,19). The summed E-state index contributed by atoms with van der Waals surface area (Å²) in [6.07, 6.45) is 2.98. The number of hydrogen-bond acceptors (Lipinski definition) is 5. The van der Waals surface area contributed by atoms with Gasteiger partial charge in [0, 0.05) is 23.4 Å². The SMILES string of the molecule is CS(=O)(=O)c1ccc(-c2cccc(NC(=O)C3CC3)c2)nn1. The Morgan fingerprint density at radius 1 is 1.18 bits per heavy atom. The maximum atomic E-state index is 11.8. The van der Waals surface area contributed by atoms with Gasteiger partial charge in [0.15, 0.2) is 14.9 Å². The number of benzene rings is 1. The van der Waals surface area contributed by atoms with E-state index in [0.717, 1.165) is 24.7 Å². The van der Waals surface area contributed by atoms with Crippen molar-refractivity contribution in [2.45, 2.75) is 17.9 Å². The Hall–Kier alpha value is -2.28. The molecular formula is C15H15N3O3S. The number of hydrogen-bond donors (Lipinski definition) is 1. The third-order valence-electron chi connectivity index (χ3n) is 3.39. The van der Waals surface area contributed by atoms with Gasteiger partial charge >= 0.3 is 0 Å². The van der Waals surface area contributed by atoms with Gasteiger partial charge in [-0.25, -0.2) is 8.42 Å². The molecule has 2 aromatic rings. The molecule has 3 rings (SSSR count). The van der Waals surface area contributed by atoms with Crippen LogP contribution in [0, 0.1) is 5.92 Å². The molecule has 1 aromatic heterocycles. The summed E-state index contributed by atoms with van der Waals surface area (Å²) in [7, 11) is -3.36. The number of nitrogens with zero attached hydrogens (tertiary/aromatic N) is 2. The third kappa shape index (κ3) is 3.30. The van der Waals surface area contributed by atoms with E-state index in [1.165, 1.54) is 6.07 Å². The van der Waals surface area contributed by atoms with Crippen molar-refractivity contribution < 1.29 is 13.2 Å². The van der Waals surface area contributed by atoms with Crippen LogP contribution in [-0.2, 0) is 14.6 Å². The van der Waals surface area contributed by atoms with Crippen LogP contribution in [0.3, 0.4) is 0 Å². The number of sulfone groups is 1. The lowest BCUT2D eigenvalue weighted by Crippen LogP contribution is -2.13. The molecule has 0 aliphatic heterocycles. The molecule has 0 radical (unpaired) electrons. The number of rotatable bonds is 4. The normalized spacial score (nSPS) is 14.6. The van der Waals surface area contributed by atoms with Crippen molar-refractivity contribution in [1.29, 1.82) is 0 Å². The fourth-order valence-corrected chi connectivity index (χ4v) is 2.52. The van der Waals surface area contributed by atoms with Gasteiger partial charge in [0.1, 0.15) is 0 Å². The molecule has 0 bridgehead atoms. The summed E-state index contributed by atoms with van der Waals surface area (Å²) in [5.74, 6) is 0.174. The van der Waals surface area contributed by atoms with E-state index in [2.05, 4.69) is 15.5 Å². The van der Waals surface area contributed by atoms with Gasteiger partial charge in [-0.05, 0) is 37.1 Å². The van der Waals surface area contributed by atoms with Gasteiger partial charge in [0.05, 0.1) is 5.69 Å². The average molecular weight is 317 g/mol. The lowest BCUT2D eigenvalue weighted by Gasteiger charge is -2.06. The monoisotopic (exact) mass is 317 g/mol. The van der Waals surface area contributed by atoms with Crippen molar-refractivity contribution >= 4 is 21.4 Å². The minimum absolute atomic E-state index is 0.0376. The van der Waals surface area contributed by atoms with Crippen LogP contribution >= 0.6 is 0 Å². The Labute approximate surface area is 128 Å². The molecule has 6 nitrogen and oxygen atoms in total. The Morgan fingerprint density at radius 2 is 1.95 bits per heavy atom. The molecule has 7 heteroatoms. The molecule has 114 valence electrons. The Balaban J connectivity index is 1.83. The topological polar surface area (TPSA) is 89.0 Å². The van der Waals surface area contributed by atoms with E-state index in [1.54, 1.807) is 12.1 Å². The van der Waals surface area contributed by atoms with E-state index < -0.39 is 9.84 Å². The maximum Gasteiger partial charge on any atom is 0.227 e. The second-order valence-electron chi connectivity index (χ2n) is 5.37. The summed E-state index contributed by atoms with van der Waals surface area (Å²) in [4.78, 5) is 11.8. The lowest BCUT2D eigenvalue weighted by atomic mass is 10.1. The van der Waals surface area contributed by atoms with E-state index in [-0.39, 0.29) is 16.9 Å². The van der Waals surface area contributed by atoms with Crippen molar-refractivity contribution in [3.8, 4) is 11.3 Å². The van der Waals surface area contributed by atoms with Gasteiger partial charge < -0.3 is 5.32 Å². The second-order valence-corrected chi connectivity index (χ2v) is 7.34. The predicted octanol–water partition coefficient (Wildman–Crippen LogP) is 1.90. The summed E-state index contributed by atoms with van der Waals surface area (Å²) >= 11 is 0. The fraction of sp³-hybridized carbons (Fsp3) is 0.267. The summed E-state index contributed by atoms with van der Waals surface area (Å²) in [5, 5.41) is 10.5. The molecule has 1 heterocycles. The molecule has 1 aliphatic carbocycles. The lowest BCUT2D eigenvalue weighted by molar-refractivity contribution is -0.117. The number of anilines is 1. The highest BCUT2D eigenvalue weighted by Crippen LogP contribution is 2.30. The first-order valence-electron chi connectivity index (χ1n) is 6.88. The van der Waals surface area contributed by atoms with Crippen LogP contribution in [0.4, 0.5) is 5.69 Å². The smallest absolute Gasteiger partial charge is 0.227 e. The number of carbonyl (C=O) groups excluding carboxylic acids is 1. The van der Waals surface area contributed by atoms with Crippen molar-refractivity contribution in [3.05, 3.63) is 36.4 Å². The van der Waals surface area contributed by atoms with Crippen molar-refractivity contribution in [2.75, 3.05) is 11.6 Å². The molecule has 0 unspecified atom stereocenters. The van der Waals surface area contributed by atoms with Crippen molar-refractivity contribution in [3.63, 3.8) is 0 Å². The van der Waals surface area contributed by atoms with Crippen LogP contribution in [0.1, 0.15) is 12.8 Å². The average Bonchev–Trinajstić information content (AvgIpc) is 3.31. The zero-order valence-electron chi connectivity index (χ0n) is 12.0. The third-order valence-corrected chi connectivity index (χ3v) is 4.37. The van der Waals surface area contributed by atoms with Crippen LogP contribution in [0.2, 0.25) is 0 Å². The molecule has 1 amide bonds. The van der Waals surface area contributed by atoms with E-state index >= 15 is 0 Å². The highest BCUT2D eigenvalue weighted by Gasteiger charge is 2.29. The van der Waals surface area contributed by atoms with Gasteiger partial charge in [-0.1, -0.05) is 12.1 Å². The summed E-state index contributed by atoms with van der Waals surface area (Å²) in [6, 6.07) is 10.3. The number of amides is 1. The number of aromatic nitrogens is 2. The molecule has 0 spiro atoms. The Bertz CT molecular complexity index is 812.